The van der Waals surface area contributed by atoms with Gasteiger partial charge in [0.2, 0.25) is 5.91 Å². The molecule has 0 bridgehead atoms. The summed E-state index contributed by atoms with van der Waals surface area (Å²) in [6.45, 7) is 7.52. The molecule has 1 atom stereocenters. The number of hydrogen-bond acceptors (Lipinski definition) is 4. The fourth-order valence-electron chi connectivity index (χ4n) is 4.51. The maximum atomic E-state index is 13.0. The molecule has 0 aliphatic heterocycles. The third-order valence-electron chi connectivity index (χ3n) is 5.93. The predicted molar refractivity (Wildman–Crippen MR) is 130 cm³/mol. The minimum Gasteiger partial charge on any atom is -0.480 e. The number of ether oxygens (including phenoxy) is 1. The fraction of sp³-hybridized carbons (Fsp3) is 0.370. The second-order valence-corrected chi connectivity index (χ2v) is 8.93. The van der Waals surface area contributed by atoms with Crippen LogP contribution in [0.3, 0.4) is 0 Å². The number of amides is 2. The minimum atomic E-state index is -1.09. The lowest BCUT2D eigenvalue weighted by Crippen LogP contribution is -2.44. The van der Waals surface area contributed by atoms with E-state index in [-0.39, 0.29) is 37.4 Å². The highest BCUT2D eigenvalue weighted by atomic mass is 16.5. The molecule has 7 nitrogen and oxygen atoms in total. The molecule has 2 amide bonds. The van der Waals surface area contributed by atoms with Crippen LogP contribution < -0.4 is 5.32 Å². The maximum Gasteiger partial charge on any atom is 0.407 e. The Morgan fingerprint density at radius 1 is 1.09 bits per heavy atom. The molecule has 0 saturated heterocycles. The Kier molecular flexibility index (Phi) is 8.46. The Hall–Kier alpha value is -3.61. The van der Waals surface area contributed by atoms with Gasteiger partial charge in [0, 0.05) is 19.0 Å². The summed E-state index contributed by atoms with van der Waals surface area (Å²) in [5, 5.41) is 11.8. The first kappa shape index (κ1) is 25.0. The van der Waals surface area contributed by atoms with Gasteiger partial charge in [-0.1, -0.05) is 68.5 Å². The number of carboxylic acid groups (broad SMARTS) is 1. The van der Waals surface area contributed by atoms with Gasteiger partial charge in [-0.25, -0.2) is 4.79 Å². The molecule has 2 aromatic carbocycles. The SMILES string of the molecule is C=CCN(CC(=O)O)C(=O)C(CNC(=O)OCC1c2ccccc2-c2ccccc21)CC(C)C. The molecular formula is C27H32N2O5. The summed E-state index contributed by atoms with van der Waals surface area (Å²) in [5.41, 5.74) is 4.54. The Morgan fingerprint density at radius 3 is 2.21 bits per heavy atom. The molecule has 0 radical (unpaired) electrons. The van der Waals surface area contributed by atoms with Crippen molar-refractivity contribution >= 4 is 18.0 Å². The van der Waals surface area contributed by atoms with E-state index in [1.165, 1.54) is 11.0 Å². The van der Waals surface area contributed by atoms with Crippen molar-refractivity contribution in [2.75, 3.05) is 26.2 Å². The van der Waals surface area contributed by atoms with Gasteiger partial charge < -0.3 is 20.1 Å². The van der Waals surface area contributed by atoms with E-state index in [9.17, 15) is 14.4 Å². The van der Waals surface area contributed by atoms with E-state index in [4.69, 9.17) is 9.84 Å². The number of fused-ring (bicyclic) bond motifs is 3. The summed E-state index contributed by atoms with van der Waals surface area (Å²) in [6, 6.07) is 16.2. The van der Waals surface area contributed by atoms with Gasteiger partial charge in [-0.2, -0.15) is 0 Å². The second-order valence-electron chi connectivity index (χ2n) is 8.93. The molecule has 0 aromatic heterocycles. The summed E-state index contributed by atoms with van der Waals surface area (Å²) in [4.78, 5) is 37.9. The zero-order valence-electron chi connectivity index (χ0n) is 19.7. The molecule has 0 heterocycles. The molecule has 0 spiro atoms. The van der Waals surface area contributed by atoms with Crippen LogP contribution in [-0.2, 0) is 14.3 Å². The van der Waals surface area contributed by atoms with E-state index < -0.39 is 24.5 Å². The maximum absolute atomic E-state index is 13.0. The van der Waals surface area contributed by atoms with Gasteiger partial charge in [0.25, 0.3) is 0 Å². The molecule has 2 N–H and O–H groups in total. The quantitative estimate of drug-likeness (QED) is 0.484. The van der Waals surface area contributed by atoms with E-state index >= 15 is 0 Å². The Balaban J connectivity index is 1.63. The fourth-order valence-corrected chi connectivity index (χ4v) is 4.51. The number of aliphatic carboxylic acids is 1. The second kappa shape index (κ2) is 11.5. The van der Waals surface area contributed by atoms with Crippen molar-refractivity contribution in [1.82, 2.24) is 10.2 Å². The summed E-state index contributed by atoms with van der Waals surface area (Å²) >= 11 is 0. The average molecular weight is 465 g/mol. The highest BCUT2D eigenvalue weighted by Gasteiger charge is 2.30. The molecule has 2 aromatic rings. The van der Waals surface area contributed by atoms with Gasteiger partial charge in [-0.3, -0.25) is 9.59 Å². The third kappa shape index (κ3) is 6.04. The van der Waals surface area contributed by atoms with Crippen LogP contribution in [0.25, 0.3) is 11.1 Å². The van der Waals surface area contributed by atoms with E-state index in [2.05, 4.69) is 36.2 Å². The molecular weight excluding hydrogens is 432 g/mol. The van der Waals surface area contributed by atoms with Crippen LogP contribution in [0.15, 0.2) is 61.2 Å². The Morgan fingerprint density at radius 2 is 1.68 bits per heavy atom. The topological polar surface area (TPSA) is 95.9 Å². The van der Waals surface area contributed by atoms with Crippen LogP contribution in [0.4, 0.5) is 4.79 Å². The first-order chi connectivity index (χ1) is 16.3. The normalized spacial score (nSPS) is 13.0. The molecule has 3 rings (SSSR count). The van der Waals surface area contributed by atoms with Gasteiger partial charge >= 0.3 is 12.1 Å². The largest absolute Gasteiger partial charge is 0.480 e. The number of nitrogens with one attached hydrogen (secondary N) is 1. The van der Waals surface area contributed by atoms with Crippen LogP contribution >= 0.6 is 0 Å². The van der Waals surface area contributed by atoms with Crippen LogP contribution in [0.2, 0.25) is 0 Å². The molecule has 7 heteroatoms. The average Bonchev–Trinajstić information content (AvgIpc) is 3.13. The van der Waals surface area contributed by atoms with Gasteiger partial charge in [0.15, 0.2) is 0 Å². The smallest absolute Gasteiger partial charge is 0.407 e. The van der Waals surface area contributed by atoms with E-state index in [1.54, 1.807) is 0 Å². The Bertz CT molecular complexity index is 1000. The number of hydrogen-bond donors (Lipinski definition) is 2. The molecule has 34 heavy (non-hydrogen) atoms. The van der Waals surface area contributed by atoms with Crippen LogP contribution in [0, 0.1) is 11.8 Å². The number of rotatable bonds is 11. The van der Waals surface area contributed by atoms with E-state index in [1.807, 2.05) is 38.1 Å². The van der Waals surface area contributed by atoms with E-state index in [0.717, 1.165) is 22.3 Å². The van der Waals surface area contributed by atoms with Gasteiger partial charge in [0.05, 0.1) is 5.92 Å². The van der Waals surface area contributed by atoms with Crippen molar-refractivity contribution in [3.8, 4) is 11.1 Å². The lowest BCUT2D eigenvalue weighted by atomic mass is 9.95. The van der Waals surface area contributed by atoms with Crippen molar-refractivity contribution in [3.63, 3.8) is 0 Å². The van der Waals surface area contributed by atoms with Crippen molar-refractivity contribution in [1.29, 1.82) is 0 Å². The number of carboxylic acids is 1. The number of carbonyl (C=O) groups excluding carboxylic acids is 2. The zero-order valence-corrected chi connectivity index (χ0v) is 19.7. The summed E-state index contributed by atoms with van der Waals surface area (Å²) in [6.07, 6.45) is 1.40. The van der Waals surface area contributed by atoms with Crippen molar-refractivity contribution in [3.05, 3.63) is 72.3 Å². The third-order valence-corrected chi connectivity index (χ3v) is 5.93. The molecule has 1 aliphatic rings. The highest BCUT2D eigenvalue weighted by Crippen LogP contribution is 2.44. The number of benzene rings is 2. The summed E-state index contributed by atoms with van der Waals surface area (Å²) < 4.78 is 5.56. The molecule has 180 valence electrons. The highest BCUT2D eigenvalue weighted by molar-refractivity contribution is 5.84. The lowest BCUT2D eigenvalue weighted by Gasteiger charge is -2.26. The van der Waals surface area contributed by atoms with E-state index in [0.29, 0.717) is 6.42 Å². The standard InChI is InChI=1S/C27H32N2O5/c1-4-13-29(16-25(30)31)26(32)19(14-18(2)3)15-28-27(33)34-17-24-22-11-7-5-9-20(22)21-10-6-8-12-23(21)24/h4-12,18-19,24H,1,13-17H2,2-3H3,(H,28,33)(H,30,31). The monoisotopic (exact) mass is 464 g/mol. The molecule has 0 saturated carbocycles. The van der Waals surface area contributed by atoms with Crippen molar-refractivity contribution < 1.29 is 24.2 Å². The van der Waals surface area contributed by atoms with Crippen LogP contribution in [0.1, 0.15) is 37.3 Å². The first-order valence-electron chi connectivity index (χ1n) is 11.5. The van der Waals surface area contributed by atoms with Gasteiger partial charge in [-0.05, 0) is 34.6 Å². The Labute approximate surface area is 200 Å². The number of carbonyl (C=O) groups is 3. The molecule has 1 aliphatic carbocycles. The van der Waals surface area contributed by atoms with Crippen molar-refractivity contribution in [2.45, 2.75) is 26.2 Å². The first-order valence-corrected chi connectivity index (χ1v) is 11.5. The van der Waals surface area contributed by atoms with Crippen molar-refractivity contribution in [2.24, 2.45) is 11.8 Å². The summed E-state index contributed by atoms with van der Waals surface area (Å²) in [7, 11) is 0. The summed E-state index contributed by atoms with van der Waals surface area (Å²) in [5.74, 6) is -1.84. The number of alkyl carbamates (subject to hydrolysis) is 1. The van der Waals surface area contributed by atoms with Crippen LogP contribution in [0.5, 0.6) is 0 Å². The van der Waals surface area contributed by atoms with Gasteiger partial charge in [-0.15, -0.1) is 6.58 Å². The molecule has 0 fully saturated rings. The lowest BCUT2D eigenvalue weighted by molar-refractivity contribution is -0.146. The van der Waals surface area contributed by atoms with Gasteiger partial charge in [0.1, 0.15) is 13.2 Å². The number of nitrogens with zero attached hydrogens (tertiary/aromatic N) is 1. The zero-order chi connectivity index (χ0) is 24.7. The molecule has 1 unspecified atom stereocenters. The predicted octanol–water partition coefficient (Wildman–Crippen LogP) is 4.29. The van der Waals surface area contributed by atoms with Crippen LogP contribution in [-0.4, -0.2) is 54.2 Å². The minimum absolute atomic E-state index is 0.0510.